The first kappa shape index (κ1) is 27.4. The maximum Gasteiger partial charge on any atom is 0.164 e. The Kier molecular flexibility index (Phi) is 6.11. The number of para-hydroxylation sites is 1. The van der Waals surface area contributed by atoms with Gasteiger partial charge in [-0.15, -0.1) is 0 Å². The first-order chi connectivity index (χ1) is 24.2. The fraction of sp³-hybridized carbons (Fsp3) is 0. The van der Waals surface area contributed by atoms with E-state index < -0.39 is 0 Å². The summed E-state index contributed by atoms with van der Waals surface area (Å²) in [6, 6.07) is 52.4. The summed E-state index contributed by atoms with van der Waals surface area (Å²) >= 11 is 0. The molecule has 0 fully saturated rings. The average Bonchev–Trinajstić information content (AvgIpc) is 3.55. The van der Waals surface area contributed by atoms with Gasteiger partial charge in [0.25, 0.3) is 0 Å². The van der Waals surface area contributed by atoms with E-state index in [1.54, 1.807) is 0 Å². The van der Waals surface area contributed by atoms with Gasteiger partial charge in [0.2, 0.25) is 0 Å². The number of rotatable bonds is 4. The van der Waals surface area contributed by atoms with Crippen molar-refractivity contribution in [3.63, 3.8) is 0 Å². The standard InChI is InChI=1S/C44H26N4O/c1-2-7-29-23-33(15-12-27(29)6-1)42-46-43(48-44(47-42)35-18-20-41-38(26-35)37-9-3-4-10-40(37)49-41)34-16-13-28-11-14-30(24-36(28)25-34)31-17-19-39-32(22-31)8-5-21-45-39/h1-26H. The van der Waals surface area contributed by atoms with Crippen molar-refractivity contribution in [1.29, 1.82) is 0 Å². The van der Waals surface area contributed by atoms with Gasteiger partial charge in [-0.25, -0.2) is 15.0 Å². The molecule has 10 aromatic rings. The Morgan fingerprint density at radius 1 is 0.347 bits per heavy atom. The number of furan rings is 1. The summed E-state index contributed by atoms with van der Waals surface area (Å²) in [5.74, 6) is 1.86. The van der Waals surface area contributed by atoms with Gasteiger partial charge in [-0.2, -0.15) is 0 Å². The quantitative estimate of drug-likeness (QED) is 0.194. The van der Waals surface area contributed by atoms with Gasteiger partial charge in [-0.3, -0.25) is 4.98 Å². The van der Waals surface area contributed by atoms with Gasteiger partial charge in [0.15, 0.2) is 17.5 Å². The maximum absolute atomic E-state index is 6.12. The number of benzene rings is 7. The molecular formula is C44H26N4O. The van der Waals surface area contributed by atoms with E-state index in [2.05, 4.69) is 120 Å². The van der Waals surface area contributed by atoms with E-state index in [0.29, 0.717) is 17.5 Å². The molecule has 0 amide bonds. The van der Waals surface area contributed by atoms with Crippen LogP contribution in [0.5, 0.6) is 0 Å². The predicted octanol–water partition coefficient (Wildman–Crippen LogP) is 11.3. The van der Waals surface area contributed by atoms with Crippen molar-refractivity contribution in [1.82, 2.24) is 19.9 Å². The van der Waals surface area contributed by atoms with Crippen molar-refractivity contribution in [2.75, 3.05) is 0 Å². The molecule has 228 valence electrons. The van der Waals surface area contributed by atoms with Crippen LogP contribution in [-0.2, 0) is 0 Å². The minimum atomic E-state index is 0.610. The molecule has 0 unspecified atom stereocenters. The van der Waals surface area contributed by atoms with Gasteiger partial charge in [0, 0.05) is 39.0 Å². The maximum atomic E-state index is 6.12. The van der Waals surface area contributed by atoms with E-state index in [9.17, 15) is 0 Å². The van der Waals surface area contributed by atoms with Crippen LogP contribution in [0.4, 0.5) is 0 Å². The highest BCUT2D eigenvalue weighted by Gasteiger charge is 2.15. The van der Waals surface area contributed by atoms with E-state index in [4.69, 9.17) is 19.4 Å². The van der Waals surface area contributed by atoms with Crippen LogP contribution in [0.2, 0.25) is 0 Å². The molecule has 3 heterocycles. The fourth-order valence-corrected chi connectivity index (χ4v) is 6.78. The molecule has 0 N–H and O–H groups in total. The van der Waals surface area contributed by atoms with Crippen LogP contribution in [0.25, 0.3) is 99.7 Å². The second kappa shape index (κ2) is 10.9. The van der Waals surface area contributed by atoms with Crippen molar-refractivity contribution in [3.8, 4) is 45.3 Å². The van der Waals surface area contributed by atoms with Crippen LogP contribution in [0.3, 0.4) is 0 Å². The number of hydrogen-bond acceptors (Lipinski definition) is 5. The number of hydrogen-bond donors (Lipinski definition) is 0. The molecule has 5 nitrogen and oxygen atoms in total. The minimum absolute atomic E-state index is 0.610. The Bertz CT molecular complexity index is 2910. The predicted molar refractivity (Wildman–Crippen MR) is 199 cm³/mol. The SMILES string of the molecule is c1ccc2cc(-c3nc(-c4ccc5ccc(-c6ccc7ncccc7c6)cc5c4)nc(-c4ccc5oc6ccccc6c5c4)n3)ccc2c1. The lowest BCUT2D eigenvalue weighted by Crippen LogP contribution is -2.00. The summed E-state index contributed by atoms with van der Waals surface area (Å²) < 4.78 is 6.12. The van der Waals surface area contributed by atoms with E-state index >= 15 is 0 Å². The topological polar surface area (TPSA) is 64.7 Å². The summed E-state index contributed by atoms with van der Waals surface area (Å²) in [5, 5.41) is 7.79. The lowest BCUT2D eigenvalue weighted by atomic mass is 9.98. The number of aromatic nitrogens is 4. The van der Waals surface area contributed by atoms with E-state index in [0.717, 1.165) is 76.8 Å². The first-order valence-electron chi connectivity index (χ1n) is 16.3. The van der Waals surface area contributed by atoms with E-state index in [1.165, 1.54) is 5.39 Å². The van der Waals surface area contributed by atoms with Crippen molar-refractivity contribution >= 4 is 54.4 Å². The zero-order valence-electron chi connectivity index (χ0n) is 26.2. The van der Waals surface area contributed by atoms with Gasteiger partial charge < -0.3 is 4.42 Å². The molecule has 0 radical (unpaired) electrons. The zero-order chi connectivity index (χ0) is 32.3. The Balaban J connectivity index is 1.14. The van der Waals surface area contributed by atoms with Crippen LogP contribution in [0.1, 0.15) is 0 Å². The monoisotopic (exact) mass is 626 g/mol. The molecule has 49 heavy (non-hydrogen) atoms. The van der Waals surface area contributed by atoms with Crippen LogP contribution < -0.4 is 0 Å². The van der Waals surface area contributed by atoms with Crippen molar-refractivity contribution in [2.45, 2.75) is 0 Å². The Labute approximate surface area is 281 Å². The summed E-state index contributed by atoms with van der Waals surface area (Å²) in [7, 11) is 0. The molecule has 0 aliphatic carbocycles. The summed E-state index contributed by atoms with van der Waals surface area (Å²) in [5.41, 5.74) is 7.74. The van der Waals surface area contributed by atoms with Crippen molar-refractivity contribution in [3.05, 3.63) is 158 Å². The third-order valence-corrected chi connectivity index (χ3v) is 9.31. The highest BCUT2D eigenvalue weighted by molar-refractivity contribution is 6.06. The number of fused-ring (bicyclic) bond motifs is 6. The summed E-state index contributed by atoms with van der Waals surface area (Å²) in [6.07, 6.45) is 1.83. The largest absolute Gasteiger partial charge is 0.456 e. The van der Waals surface area contributed by atoms with E-state index in [-0.39, 0.29) is 0 Å². The molecule has 0 spiro atoms. The minimum Gasteiger partial charge on any atom is -0.456 e. The number of nitrogens with zero attached hydrogens (tertiary/aromatic N) is 4. The zero-order valence-corrected chi connectivity index (χ0v) is 26.2. The van der Waals surface area contributed by atoms with Gasteiger partial charge in [-0.1, -0.05) is 91.0 Å². The van der Waals surface area contributed by atoms with Gasteiger partial charge in [-0.05, 0) is 93.3 Å². The van der Waals surface area contributed by atoms with Gasteiger partial charge >= 0.3 is 0 Å². The Morgan fingerprint density at radius 3 is 1.67 bits per heavy atom. The van der Waals surface area contributed by atoms with Crippen LogP contribution in [-0.4, -0.2) is 19.9 Å². The Hall–Kier alpha value is -6.72. The van der Waals surface area contributed by atoms with Crippen LogP contribution in [0.15, 0.2) is 162 Å². The van der Waals surface area contributed by atoms with Crippen molar-refractivity contribution in [2.24, 2.45) is 0 Å². The summed E-state index contributed by atoms with van der Waals surface area (Å²) in [6.45, 7) is 0. The lowest BCUT2D eigenvalue weighted by molar-refractivity contribution is 0.669. The molecule has 0 bridgehead atoms. The third kappa shape index (κ3) is 4.79. The highest BCUT2D eigenvalue weighted by Crippen LogP contribution is 2.34. The van der Waals surface area contributed by atoms with Crippen LogP contribution in [0, 0.1) is 0 Å². The second-order valence-corrected chi connectivity index (χ2v) is 12.4. The lowest BCUT2D eigenvalue weighted by Gasteiger charge is -2.11. The second-order valence-electron chi connectivity index (χ2n) is 12.4. The number of pyridine rings is 1. The molecule has 10 rings (SSSR count). The third-order valence-electron chi connectivity index (χ3n) is 9.31. The molecular weight excluding hydrogens is 601 g/mol. The summed E-state index contributed by atoms with van der Waals surface area (Å²) in [4.78, 5) is 19.7. The smallest absolute Gasteiger partial charge is 0.164 e. The molecule has 0 atom stereocenters. The molecule has 0 aliphatic heterocycles. The molecule has 0 aliphatic rings. The average molecular weight is 627 g/mol. The van der Waals surface area contributed by atoms with Gasteiger partial charge in [0.05, 0.1) is 5.52 Å². The van der Waals surface area contributed by atoms with Gasteiger partial charge in [0.1, 0.15) is 11.2 Å². The molecule has 7 aromatic carbocycles. The van der Waals surface area contributed by atoms with E-state index in [1.807, 2.05) is 42.6 Å². The molecule has 0 saturated heterocycles. The molecule has 0 saturated carbocycles. The van der Waals surface area contributed by atoms with Crippen molar-refractivity contribution < 1.29 is 4.42 Å². The first-order valence-corrected chi connectivity index (χ1v) is 16.3. The highest BCUT2D eigenvalue weighted by atomic mass is 16.3. The Morgan fingerprint density at radius 2 is 0.878 bits per heavy atom. The normalized spacial score (nSPS) is 11.7. The fourth-order valence-electron chi connectivity index (χ4n) is 6.78. The van der Waals surface area contributed by atoms with Crippen LogP contribution >= 0.6 is 0 Å². The molecule has 3 aromatic heterocycles. The molecule has 5 heteroatoms.